The number of anilines is 1. The van der Waals surface area contributed by atoms with Crippen LogP contribution in [0.3, 0.4) is 0 Å². The molecule has 2 aromatic carbocycles. The lowest BCUT2D eigenvalue weighted by Gasteiger charge is -2.33. The second-order valence-electron chi connectivity index (χ2n) is 9.03. The fraction of sp³-hybridized carbons (Fsp3) is 0.440. The number of rotatable bonds is 11. The van der Waals surface area contributed by atoms with Gasteiger partial charge in [-0.05, 0) is 60.7 Å². The molecule has 0 spiro atoms. The normalized spacial score (nSPS) is 12.4. The highest BCUT2D eigenvalue weighted by Gasteiger charge is 2.32. The van der Waals surface area contributed by atoms with Crippen LogP contribution in [-0.4, -0.2) is 50.5 Å². The molecule has 0 bridgehead atoms. The number of nitrogens with zero attached hydrogens (tertiary/aromatic N) is 2. The van der Waals surface area contributed by atoms with Gasteiger partial charge in [-0.25, -0.2) is 8.42 Å². The Kier molecular flexibility index (Phi) is 10.9. The number of hydrogen-bond acceptors (Lipinski definition) is 4. The maximum absolute atomic E-state index is 13.7. The topological polar surface area (TPSA) is 86.8 Å². The molecule has 198 valence electrons. The van der Waals surface area contributed by atoms with Crippen molar-refractivity contribution >= 4 is 62.3 Å². The zero-order valence-electron chi connectivity index (χ0n) is 21.0. The molecule has 36 heavy (non-hydrogen) atoms. The van der Waals surface area contributed by atoms with E-state index in [1.165, 1.54) is 4.90 Å². The minimum atomic E-state index is -3.84. The van der Waals surface area contributed by atoms with Crippen molar-refractivity contribution in [3.8, 4) is 0 Å². The minimum absolute atomic E-state index is 0.0422. The van der Waals surface area contributed by atoms with E-state index in [2.05, 4.69) is 5.32 Å². The van der Waals surface area contributed by atoms with E-state index in [0.717, 1.165) is 10.6 Å². The predicted molar refractivity (Wildman–Crippen MR) is 147 cm³/mol. The van der Waals surface area contributed by atoms with Crippen molar-refractivity contribution in [3.63, 3.8) is 0 Å². The molecule has 1 atom stereocenters. The Bertz CT molecular complexity index is 1210. The fourth-order valence-electron chi connectivity index (χ4n) is 3.67. The lowest BCUT2D eigenvalue weighted by atomic mass is 10.1. The van der Waals surface area contributed by atoms with Crippen molar-refractivity contribution in [2.24, 2.45) is 5.92 Å². The van der Waals surface area contributed by atoms with Crippen LogP contribution in [0.2, 0.25) is 15.1 Å². The number of sulfonamides is 1. The Hall–Kier alpha value is -2.00. The highest BCUT2D eigenvalue weighted by atomic mass is 35.5. The molecular formula is C25H32Cl3N3O4S. The Morgan fingerprint density at radius 3 is 2.22 bits per heavy atom. The molecule has 0 unspecified atom stereocenters. The van der Waals surface area contributed by atoms with E-state index in [1.807, 2.05) is 13.8 Å². The molecule has 11 heteroatoms. The van der Waals surface area contributed by atoms with Crippen LogP contribution in [0.15, 0.2) is 36.4 Å². The summed E-state index contributed by atoms with van der Waals surface area (Å²) >= 11 is 18.3. The quantitative estimate of drug-likeness (QED) is 0.393. The predicted octanol–water partition coefficient (Wildman–Crippen LogP) is 5.30. The average molecular weight is 577 g/mol. The fourth-order valence-corrected chi connectivity index (χ4v) is 5.12. The number of amides is 2. The molecule has 0 aliphatic carbocycles. The second-order valence-corrected chi connectivity index (χ2v) is 12.2. The summed E-state index contributed by atoms with van der Waals surface area (Å²) in [6, 6.07) is 8.88. The van der Waals surface area contributed by atoms with Crippen LogP contribution in [0.25, 0.3) is 0 Å². The maximum Gasteiger partial charge on any atom is 0.244 e. The number of halogens is 3. The number of carbonyl (C=O) groups excluding carboxylic acids is 2. The minimum Gasteiger partial charge on any atom is -0.354 e. The van der Waals surface area contributed by atoms with Gasteiger partial charge in [0.1, 0.15) is 12.6 Å². The number of aryl methyl sites for hydroxylation is 1. The van der Waals surface area contributed by atoms with Crippen molar-refractivity contribution in [1.29, 1.82) is 0 Å². The van der Waals surface area contributed by atoms with E-state index in [-0.39, 0.29) is 18.4 Å². The molecule has 0 fully saturated rings. The van der Waals surface area contributed by atoms with Gasteiger partial charge in [0.2, 0.25) is 21.8 Å². The molecule has 0 saturated carbocycles. The summed E-state index contributed by atoms with van der Waals surface area (Å²) in [4.78, 5) is 28.2. The molecular weight excluding hydrogens is 545 g/mol. The average Bonchev–Trinajstić information content (AvgIpc) is 2.77. The summed E-state index contributed by atoms with van der Waals surface area (Å²) in [5.41, 5.74) is 1.59. The lowest BCUT2D eigenvalue weighted by molar-refractivity contribution is -0.140. The maximum atomic E-state index is 13.7. The standard InChI is InChI=1S/C25H32Cl3N3O4S/c1-6-22(25(33)29-13-16(2)3)30(14-18-7-9-20(27)21(28)12-18)24(32)15-31(36(5,34)35)23-10-8-19(26)11-17(23)4/h7-12,16,22H,6,13-15H2,1-5H3,(H,29,33)/t22-/m1/s1. The number of nitrogens with one attached hydrogen (secondary N) is 1. The molecule has 0 saturated heterocycles. The smallest absolute Gasteiger partial charge is 0.244 e. The van der Waals surface area contributed by atoms with Crippen molar-refractivity contribution in [2.45, 2.75) is 46.7 Å². The molecule has 0 aromatic heterocycles. The summed E-state index contributed by atoms with van der Waals surface area (Å²) < 4.78 is 26.5. The van der Waals surface area contributed by atoms with Crippen LogP contribution in [0.1, 0.15) is 38.3 Å². The number of benzene rings is 2. The van der Waals surface area contributed by atoms with Gasteiger partial charge < -0.3 is 10.2 Å². The van der Waals surface area contributed by atoms with Gasteiger partial charge in [0.25, 0.3) is 0 Å². The summed E-state index contributed by atoms with van der Waals surface area (Å²) in [5, 5.41) is 4.00. The van der Waals surface area contributed by atoms with Gasteiger partial charge in [-0.3, -0.25) is 13.9 Å². The van der Waals surface area contributed by atoms with Gasteiger partial charge in [0.05, 0.1) is 22.0 Å². The lowest BCUT2D eigenvalue weighted by Crippen LogP contribution is -2.52. The number of carbonyl (C=O) groups is 2. The van der Waals surface area contributed by atoms with Gasteiger partial charge >= 0.3 is 0 Å². The first-order chi connectivity index (χ1) is 16.7. The molecule has 1 N–H and O–H groups in total. The molecule has 0 aliphatic rings. The second kappa shape index (κ2) is 13.0. The van der Waals surface area contributed by atoms with Gasteiger partial charge in [-0.2, -0.15) is 0 Å². The molecule has 0 heterocycles. The van der Waals surface area contributed by atoms with Gasteiger partial charge in [-0.15, -0.1) is 0 Å². The first-order valence-corrected chi connectivity index (χ1v) is 14.5. The molecule has 0 aliphatic heterocycles. The van der Waals surface area contributed by atoms with E-state index in [0.29, 0.717) is 44.8 Å². The van der Waals surface area contributed by atoms with Gasteiger partial charge in [0.15, 0.2) is 0 Å². The first kappa shape index (κ1) is 30.2. The van der Waals surface area contributed by atoms with Crippen molar-refractivity contribution in [1.82, 2.24) is 10.2 Å². The highest BCUT2D eigenvalue weighted by molar-refractivity contribution is 7.92. The van der Waals surface area contributed by atoms with E-state index in [4.69, 9.17) is 34.8 Å². The van der Waals surface area contributed by atoms with Crippen molar-refractivity contribution < 1.29 is 18.0 Å². The Morgan fingerprint density at radius 1 is 1.03 bits per heavy atom. The highest BCUT2D eigenvalue weighted by Crippen LogP contribution is 2.27. The van der Waals surface area contributed by atoms with Crippen LogP contribution >= 0.6 is 34.8 Å². The number of hydrogen-bond donors (Lipinski definition) is 1. The molecule has 0 radical (unpaired) electrons. The summed E-state index contributed by atoms with van der Waals surface area (Å²) in [5.74, 6) is -0.625. The van der Waals surface area contributed by atoms with Gasteiger partial charge in [0, 0.05) is 18.1 Å². The summed E-state index contributed by atoms with van der Waals surface area (Å²) in [6.07, 6.45) is 1.36. The summed E-state index contributed by atoms with van der Waals surface area (Å²) in [6.45, 7) is 7.45. The van der Waals surface area contributed by atoms with Crippen LogP contribution in [0.4, 0.5) is 5.69 Å². The van der Waals surface area contributed by atoms with E-state index in [9.17, 15) is 18.0 Å². The molecule has 7 nitrogen and oxygen atoms in total. The van der Waals surface area contributed by atoms with E-state index < -0.39 is 28.5 Å². The van der Waals surface area contributed by atoms with Crippen LogP contribution in [0.5, 0.6) is 0 Å². The van der Waals surface area contributed by atoms with Gasteiger partial charge in [-0.1, -0.05) is 61.6 Å². The monoisotopic (exact) mass is 575 g/mol. The Labute approximate surface area is 228 Å². The van der Waals surface area contributed by atoms with Crippen LogP contribution in [-0.2, 0) is 26.2 Å². The van der Waals surface area contributed by atoms with E-state index in [1.54, 1.807) is 50.2 Å². The first-order valence-electron chi connectivity index (χ1n) is 11.5. The third-order valence-electron chi connectivity index (χ3n) is 5.51. The third-order valence-corrected chi connectivity index (χ3v) is 7.61. The molecule has 2 rings (SSSR count). The largest absolute Gasteiger partial charge is 0.354 e. The molecule has 2 aromatic rings. The SMILES string of the molecule is CC[C@H](C(=O)NCC(C)C)N(Cc1ccc(Cl)c(Cl)c1)C(=O)CN(c1ccc(Cl)cc1C)S(C)(=O)=O. The van der Waals surface area contributed by atoms with Crippen LogP contribution < -0.4 is 9.62 Å². The Balaban J connectivity index is 2.48. The zero-order valence-corrected chi connectivity index (χ0v) is 24.1. The Morgan fingerprint density at radius 2 is 1.69 bits per heavy atom. The third kappa shape index (κ3) is 8.26. The van der Waals surface area contributed by atoms with Crippen molar-refractivity contribution in [3.05, 3.63) is 62.6 Å². The summed E-state index contributed by atoms with van der Waals surface area (Å²) in [7, 11) is -3.84. The molecule has 2 amide bonds. The van der Waals surface area contributed by atoms with Crippen molar-refractivity contribution in [2.75, 3.05) is 23.7 Å². The zero-order chi connectivity index (χ0) is 27.2. The van der Waals surface area contributed by atoms with E-state index >= 15 is 0 Å². The van der Waals surface area contributed by atoms with Crippen LogP contribution in [0, 0.1) is 12.8 Å².